The average Bonchev–Trinajstić information content (AvgIpc) is 3.32. The molecule has 0 spiro atoms. The molecule has 28 heavy (non-hydrogen) atoms. The molecular formula is C24H13N3O. The highest BCUT2D eigenvalue weighted by molar-refractivity contribution is 6.24. The molecule has 4 nitrogen and oxygen atoms in total. The number of imidazole rings is 1. The minimum atomic E-state index is 0.899. The number of hydrogen-bond donors (Lipinski definition) is 0. The zero-order valence-corrected chi connectivity index (χ0v) is 14.8. The van der Waals surface area contributed by atoms with Crippen molar-refractivity contribution in [3.8, 4) is 0 Å². The van der Waals surface area contributed by atoms with E-state index in [-0.39, 0.29) is 0 Å². The zero-order chi connectivity index (χ0) is 18.2. The first-order valence-corrected chi connectivity index (χ1v) is 9.27. The monoisotopic (exact) mass is 359 g/mol. The summed E-state index contributed by atoms with van der Waals surface area (Å²) in [4.78, 5) is 9.33. The first-order chi connectivity index (χ1) is 13.9. The Kier molecular flexibility index (Phi) is 2.46. The number of para-hydroxylation sites is 3. The molecule has 0 radical (unpaired) electrons. The van der Waals surface area contributed by atoms with Gasteiger partial charge in [-0.25, -0.2) is 4.98 Å². The van der Waals surface area contributed by atoms with Gasteiger partial charge in [0.1, 0.15) is 16.8 Å². The third kappa shape index (κ3) is 1.61. The smallest absolute Gasteiger partial charge is 0.146 e. The van der Waals surface area contributed by atoms with Crippen molar-refractivity contribution in [2.75, 3.05) is 0 Å². The lowest BCUT2D eigenvalue weighted by molar-refractivity contribution is 0.673. The third-order valence-electron chi connectivity index (χ3n) is 5.66. The van der Waals surface area contributed by atoms with Crippen LogP contribution >= 0.6 is 0 Å². The van der Waals surface area contributed by atoms with Crippen LogP contribution in [-0.4, -0.2) is 14.4 Å². The number of aromatic nitrogens is 3. The number of furan rings is 1. The summed E-state index contributed by atoms with van der Waals surface area (Å²) in [6.45, 7) is 0. The molecule has 7 rings (SSSR count). The standard InChI is InChI=1S/C24H13N3O/c1-4-8-21-14(5-1)15-9-10-20-22(23(15)28-21)17-13-25-12-11-16(17)24-26-18-6-2-3-7-19(18)27(20)24/h1-13H. The number of hydrogen-bond acceptors (Lipinski definition) is 3. The highest BCUT2D eigenvalue weighted by atomic mass is 16.3. The molecule has 0 aliphatic heterocycles. The fourth-order valence-corrected chi connectivity index (χ4v) is 4.46. The lowest BCUT2D eigenvalue weighted by atomic mass is 10.0. The second-order valence-electron chi connectivity index (χ2n) is 7.12. The van der Waals surface area contributed by atoms with Crippen molar-refractivity contribution in [1.82, 2.24) is 14.4 Å². The van der Waals surface area contributed by atoms with Gasteiger partial charge >= 0.3 is 0 Å². The first-order valence-electron chi connectivity index (χ1n) is 9.27. The summed E-state index contributed by atoms with van der Waals surface area (Å²) in [6, 6.07) is 22.8. The lowest BCUT2D eigenvalue weighted by Crippen LogP contribution is -1.92. The Hall–Kier alpha value is -3.92. The van der Waals surface area contributed by atoms with E-state index in [0.717, 1.165) is 60.3 Å². The van der Waals surface area contributed by atoms with Crippen LogP contribution in [0.3, 0.4) is 0 Å². The van der Waals surface area contributed by atoms with E-state index in [1.165, 1.54) is 0 Å². The van der Waals surface area contributed by atoms with E-state index in [4.69, 9.17) is 9.40 Å². The van der Waals surface area contributed by atoms with Crippen molar-refractivity contribution < 1.29 is 4.42 Å². The van der Waals surface area contributed by atoms with Gasteiger partial charge in [0.15, 0.2) is 0 Å². The molecule has 4 aromatic heterocycles. The van der Waals surface area contributed by atoms with Crippen molar-refractivity contribution in [2.45, 2.75) is 0 Å². The van der Waals surface area contributed by atoms with Gasteiger partial charge < -0.3 is 4.42 Å². The molecule has 0 unspecified atom stereocenters. The molecule has 0 aliphatic rings. The molecule has 0 saturated heterocycles. The summed E-state index contributed by atoms with van der Waals surface area (Å²) in [5.41, 5.74) is 5.90. The van der Waals surface area contributed by atoms with E-state index in [0.29, 0.717) is 0 Å². The van der Waals surface area contributed by atoms with E-state index in [9.17, 15) is 0 Å². The van der Waals surface area contributed by atoms with Gasteiger partial charge in [-0.1, -0.05) is 30.3 Å². The van der Waals surface area contributed by atoms with Crippen LogP contribution in [0.25, 0.3) is 60.3 Å². The van der Waals surface area contributed by atoms with Crippen molar-refractivity contribution in [3.05, 3.63) is 79.1 Å². The fraction of sp³-hybridized carbons (Fsp3) is 0. The molecule has 7 aromatic rings. The van der Waals surface area contributed by atoms with Gasteiger partial charge in [0.05, 0.1) is 21.9 Å². The number of fused-ring (bicyclic) bond motifs is 12. The molecule has 0 bridgehead atoms. The largest absolute Gasteiger partial charge is 0.455 e. The van der Waals surface area contributed by atoms with Gasteiger partial charge in [0, 0.05) is 33.9 Å². The molecule has 0 atom stereocenters. The van der Waals surface area contributed by atoms with Gasteiger partial charge in [-0.05, 0) is 36.4 Å². The van der Waals surface area contributed by atoms with E-state index in [1.54, 1.807) is 0 Å². The average molecular weight is 359 g/mol. The van der Waals surface area contributed by atoms with Crippen LogP contribution < -0.4 is 0 Å². The Morgan fingerprint density at radius 2 is 1.61 bits per heavy atom. The zero-order valence-electron chi connectivity index (χ0n) is 14.8. The second kappa shape index (κ2) is 4.87. The molecule has 0 aliphatic carbocycles. The summed E-state index contributed by atoms with van der Waals surface area (Å²) < 4.78 is 8.59. The van der Waals surface area contributed by atoms with Crippen LogP contribution in [0.4, 0.5) is 0 Å². The van der Waals surface area contributed by atoms with E-state index >= 15 is 0 Å². The van der Waals surface area contributed by atoms with Crippen LogP contribution in [0.1, 0.15) is 0 Å². The number of pyridine rings is 2. The van der Waals surface area contributed by atoms with Gasteiger partial charge in [0.2, 0.25) is 0 Å². The number of benzene rings is 3. The lowest BCUT2D eigenvalue weighted by Gasteiger charge is -2.09. The van der Waals surface area contributed by atoms with Gasteiger partial charge in [0.25, 0.3) is 0 Å². The number of rotatable bonds is 0. The molecule has 0 saturated carbocycles. The Labute approximate surface area is 158 Å². The summed E-state index contributed by atoms with van der Waals surface area (Å²) in [7, 11) is 0. The molecule has 0 N–H and O–H groups in total. The third-order valence-corrected chi connectivity index (χ3v) is 5.66. The molecule has 0 fully saturated rings. The minimum Gasteiger partial charge on any atom is -0.455 e. The highest BCUT2D eigenvalue weighted by Gasteiger charge is 2.18. The number of nitrogens with zero attached hydrogens (tertiary/aromatic N) is 3. The van der Waals surface area contributed by atoms with Crippen LogP contribution in [0.15, 0.2) is 83.5 Å². The van der Waals surface area contributed by atoms with Crippen LogP contribution in [0, 0.1) is 0 Å². The minimum absolute atomic E-state index is 0.899. The van der Waals surface area contributed by atoms with Crippen LogP contribution in [0.2, 0.25) is 0 Å². The topological polar surface area (TPSA) is 43.3 Å². The van der Waals surface area contributed by atoms with E-state index in [1.807, 2.05) is 42.7 Å². The molecule has 3 aromatic carbocycles. The van der Waals surface area contributed by atoms with E-state index in [2.05, 4.69) is 45.8 Å². The summed E-state index contributed by atoms with van der Waals surface area (Å²) >= 11 is 0. The van der Waals surface area contributed by atoms with Gasteiger partial charge in [-0.15, -0.1) is 0 Å². The Morgan fingerprint density at radius 3 is 2.61 bits per heavy atom. The van der Waals surface area contributed by atoms with Crippen molar-refractivity contribution >= 4 is 60.3 Å². The summed E-state index contributed by atoms with van der Waals surface area (Å²) in [5.74, 6) is 0. The van der Waals surface area contributed by atoms with Crippen LogP contribution in [0.5, 0.6) is 0 Å². The maximum Gasteiger partial charge on any atom is 0.146 e. The molecular weight excluding hydrogens is 346 g/mol. The summed E-state index contributed by atoms with van der Waals surface area (Å²) in [5, 5.41) is 5.47. The molecule has 130 valence electrons. The highest BCUT2D eigenvalue weighted by Crippen LogP contribution is 2.39. The predicted molar refractivity (Wildman–Crippen MR) is 113 cm³/mol. The Bertz CT molecular complexity index is 1720. The van der Waals surface area contributed by atoms with Crippen molar-refractivity contribution in [2.24, 2.45) is 0 Å². The SMILES string of the molecule is c1ccc2c(c1)nc1c3ccncc3c3c4oc5ccccc5c4ccc3n21. The van der Waals surface area contributed by atoms with Crippen molar-refractivity contribution in [1.29, 1.82) is 0 Å². The predicted octanol–water partition coefficient (Wildman–Crippen LogP) is 6.09. The molecule has 4 heteroatoms. The van der Waals surface area contributed by atoms with Gasteiger partial charge in [-0.2, -0.15) is 0 Å². The first kappa shape index (κ1) is 14.2. The maximum atomic E-state index is 6.35. The normalized spacial score (nSPS) is 12.3. The maximum absolute atomic E-state index is 6.35. The molecule has 4 heterocycles. The van der Waals surface area contributed by atoms with Crippen molar-refractivity contribution in [3.63, 3.8) is 0 Å². The Balaban J connectivity index is 1.88. The quantitative estimate of drug-likeness (QED) is 0.308. The fourth-order valence-electron chi connectivity index (χ4n) is 4.46. The van der Waals surface area contributed by atoms with E-state index < -0.39 is 0 Å². The summed E-state index contributed by atoms with van der Waals surface area (Å²) in [6.07, 6.45) is 3.75. The Morgan fingerprint density at radius 1 is 0.714 bits per heavy atom. The molecule has 0 amide bonds. The van der Waals surface area contributed by atoms with Crippen LogP contribution in [-0.2, 0) is 0 Å². The second-order valence-corrected chi connectivity index (χ2v) is 7.12. The van der Waals surface area contributed by atoms with Gasteiger partial charge in [-0.3, -0.25) is 9.38 Å².